The van der Waals surface area contributed by atoms with Crippen molar-refractivity contribution < 1.29 is 0 Å². The zero-order valence-corrected chi connectivity index (χ0v) is 7.16. The Morgan fingerprint density at radius 3 is 2.67 bits per heavy atom. The normalized spacial score (nSPS) is 9.67. The molecular formula is C9H12N2O. The van der Waals surface area contributed by atoms with Crippen LogP contribution in [-0.4, -0.2) is 9.13 Å². The van der Waals surface area contributed by atoms with E-state index < -0.39 is 0 Å². The molecule has 0 aliphatic carbocycles. The summed E-state index contributed by atoms with van der Waals surface area (Å²) in [5.74, 6) is 2.50. The maximum absolute atomic E-state index is 11.4. The fraction of sp³-hybridized carbons (Fsp3) is 0.444. The van der Waals surface area contributed by atoms with Crippen LogP contribution >= 0.6 is 0 Å². The van der Waals surface area contributed by atoms with E-state index in [1.54, 1.807) is 21.5 Å². The Labute approximate surface area is 71.6 Å². The van der Waals surface area contributed by atoms with Gasteiger partial charge in [0.25, 0.3) is 0 Å². The van der Waals surface area contributed by atoms with Crippen molar-refractivity contribution in [2.24, 2.45) is 0 Å². The molecule has 0 unspecified atom stereocenters. The summed E-state index contributed by atoms with van der Waals surface area (Å²) >= 11 is 0. The van der Waals surface area contributed by atoms with Crippen LogP contribution in [0.25, 0.3) is 0 Å². The molecule has 64 valence electrons. The molecule has 3 heteroatoms. The first kappa shape index (κ1) is 8.66. The average molecular weight is 164 g/mol. The average Bonchev–Trinajstić information content (AvgIpc) is 2.43. The minimum Gasteiger partial charge on any atom is -0.300 e. The molecule has 0 saturated heterocycles. The van der Waals surface area contributed by atoms with Crippen LogP contribution in [0, 0.1) is 12.3 Å². The summed E-state index contributed by atoms with van der Waals surface area (Å²) in [6, 6.07) is 0. The van der Waals surface area contributed by atoms with Gasteiger partial charge in [0.15, 0.2) is 0 Å². The first-order valence-corrected chi connectivity index (χ1v) is 3.98. The van der Waals surface area contributed by atoms with E-state index in [0.29, 0.717) is 19.5 Å². The van der Waals surface area contributed by atoms with Gasteiger partial charge < -0.3 is 0 Å². The van der Waals surface area contributed by atoms with Crippen molar-refractivity contribution >= 4 is 0 Å². The molecule has 0 N–H and O–H groups in total. The minimum atomic E-state index is 0.0211. The highest BCUT2D eigenvalue weighted by molar-refractivity contribution is 4.86. The number of hydrogen-bond donors (Lipinski definition) is 0. The third-order valence-electron chi connectivity index (χ3n) is 1.76. The van der Waals surface area contributed by atoms with Gasteiger partial charge in [-0.1, -0.05) is 0 Å². The Balaban J connectivity index is 2.82. The number of hydrogen-bond acceptors (Lipinski definition) is 1. The molecule has 3 nitrogen and oxygen atoms in total. The van der Waals surface area contributed by atoms with Gasteiger partial charge in [0.05, 0.1) is 0 Å². The molecule has 0 spiro atoms. The molecule has 1 aromatic rings. The van der Waals surface area contributed by atoms with Crippen LogP contribution in [-0.2, 0) is 13.1 Å². The molecule has 0 fully saturated rings. The smallest absolute Gasteiger partial charge is 0.300 e. The Hall–Kier alpha value is -1.43. The van der Waals surface area contributed by atoms with Gasteiger partial charge in [0.2, 0.25) is 0 Å². The highest BCUT2D eigenvalue weighted by Gasteiger charge is 1.98. The molecule has 0 aliphatic rings. The van der Waals surface area contributed by atoms with Gasteiger partial charge in [-0.2, -0.15) is 0 Å². The van der Waals surface area contributed by atoms with Crippen LogP contribution in [0.4, 0.5) is 0 Å². The van der Waals surface area contributed by atoms with E-state index in [1.165, 1.54) is 0 Å². The fourth-order valence-corrected chi connectivity index (χ4v) is 1.05. The second kappa shape index (κ2) is 3.82. The summed E-state index contributed by atoms with van der Waals surface area (Å²) in [5, 5.41) is 0. The van der Waals surface area contributed by atoms with Gasteiger partial charge in [-0.3, -0.25) is 9.13 Å². The number of imidazole rings is 1. The van der Waals surface area contributed by atoms with E-state index in [-0.39, 0.29) is 5.69 Å². The maximum atomic E-state index is 11.4. The molecular weight excluding hydrogens is 152 g/mol. The first-order valence-electron chi connectivity index (χ1n) is 3.98. The molecule has 1 rings (SSSR count). The Kier molecular flexibility index (Phi) is 2.76. The first-order chi connectivity index (χ1) is 5.79. The van der Waals surface area contributed by atoms with Gasteiger partial charge >= 0.3 is 5.69 Å². The fourth-order valence-electron chi connectivity index (χ4n) is 1.05. The van der Waals surface area contributed by atoms with Crippen molar-refractivity contribution in [2.45, 2.75) is 26.4 Å². The summed E-state index contributed by atoms with van der Waals surface area (Å²) in [6.45, 7) is 3.26. The number of terminal acetylenes is 1. The van der Waals surface area contributed by atoms with Crippen LogP contribution in [0.15, 0.2) is 17.2 Å². The van der Waals surface area contributed by atoms with Crippen LogP contribution < -0.4 is 5.69 Å². The second-order valence-corrected chi connectivity index (χ2v) is 2.51. The molecule has 0 saturated carbocycles. The lowest BCUT2D eigenvalue weighted by Crippen LogP contribution is -2.23. The lowest BCUT2D eigenvalue weighted by molar-refractivity contribution is 0.637. The molecule has 0 amide bonds. The van der Waals surface area contributed by atoms with E-state index in [2.05, 4.69) is 5.92 Å². The van der Waals surface area contributed by atoms with Crippen molar-refractivity contribution in [1.29, 1.82) is 0 Å². The van der Waals surface area contributed by atoms with E-state index >= 15 is 0 Å². The summed E-state index contributed by atoms with van der Waals surface area (Å²) in [4.78, 5) is 11.4. The summed E-state index contributed by atoms with van der Waals surface area (Å²) in [7, 11) is 0. The third-order valence-corrected chi connectivity index (χ3v) is 1.76. The standard InChI is InChI=1S/C9H12N2O/c1-3-5-6-11-8-7-10(4-2)9(11)12/h1,7-8H,4-6H2,2H3. The predicted molar refractivity (Wildman–Crippen MR) is 47.8 cm³/mol. The predicted octanol–water partition coefficient (Wildman–Crippen LogP) is 0.693. The Morgan fingerprint density at radius 1 is 1.50 bits per heavy atom. The third kappa shape index (κ3) is 1.59. The van der Waals surface area contributed by atoms with Crippen molar-refractivity contribution in [3.05, 3.63) is 22.9 Å². The van der Waals surface area contributed by atoms with Gasteiger partial charge in [0, 0.05) is 31.9 Å². The van der Waals surface area contributed by atoms with Gasteiger partial charge in [-0.15, -0.1) is 12.3 Å². The number of rotatable bonds is 3. The van der Waals surface area contributed by atoms with Crippen molar-refractivity contribution in [3.63, 3.8) is 0 Å². The highest BCUT2D eigenvalue weighted by atomic mass is 16.1. The highest BCUT2D eigenvalue weighted by Crippen LogP contribution is 1.87. The van der Waals surface area contributed by atoms with Crippen molar-refractivity contribution in [2.75, 3.05) is 0 Å². The largest absolute Gasteiger partial charge is 0.328 e. The van der Waals surface area contributed by atoms with Crippen molar-refractivity contribution in [1.82, 2.24) is 9.13 Å². The van der Waals surface area contributed by atoms with Gasteiger partial charge in [-0.25, -0.2) is 4.79 Å². The second-order valence-electron chi connectivity index (χ2n) is 2.51. The van der Waals surface area contributed by atoms with Gasteiger partial charge in [0.1, 0.15) is 0 Å². The molecule has 1 heterocycles. The molecule has 0 aromatic carbocycles. The topological polar surface area (TPSA) is 26.9 Å². The summed E-state index contributed by atoms with van der Waals surface area (Å²) in [6.07, 6.45) is 9.24. The molecule has 1 aromatic heterocycles. The number of aromatic nitrogens is 2. The van der Waals surface area contributed by atoms with E-state index in [4.69, 9.17) is 6.42 Å². The molecule has 0 atom stereocenters. The SMILES string of the molecule is C#CCCn1ccn(CC)c1=O. The zero-order valence-electron chi connectivity index (χ0n) is 7.16. The summed E-state index contributed by atoms with van der Waals surface area (Å²) < 4.78 is 3.28. The molecule has 0 aliphatic heterocycles. The summed E-state index contributed by atoms with van der Waals surface area (Å²) in [5.41, 5.74) is 0.0211. The van der Waals surface area contributed by atoms with E-state index in [1.807, 2.05) is 6.92 Å². The number of aryl methyl sites for hydroxylation is 2. The van der Waals surface area contributed by atoms with Gasteiger partial charge in [-0.05, 0) is 6.92 Å². The quantitative estimate of drug-likeness (QED) is 0.604. The minimum absolute atomic E-state index is 0.0211. The molecule has 0 bridgehead atoms. The maximum Gasteiger partial charge on any atom is 0.328 e. The lowest BCUT2D eigenvalue weighted by atomic mass is 10.4. The Morgan fingerprint density at radius 2 is 2.17 bits per heavy atom. The van der Waals surface area contributed by atoms with Crippen LogP contribution in [0.3, 0.4) is 0 Å². The van der Waals surface area contributed by atoms with Crippen LogP contribution in [0.5, 0.6) is 0 Å². The van der Waals surface area contributed by atoms with E-state index in [9.17, 15) is 4.79 Å². The molecule has 12 heavy (non-hydrogen) atoms. The molecule has 0 radical (unpaired) electrons. The number of nitrogens with zero attached hydrogens (tertiary/aromatic N) is 2. The van der Waals surface area contributed by atoms with Crippen LogP contribution in [0.1, 0.15) is 13.3 Å². The van der Waals surface area contributed by atoms with E-state index in [0.717, 1.165) is 0 Å². The monoisotopic (exact) mass is 164 g/mol. The van der Waals surface area contributed by atoms with Crippen LogP contribution in [0.2, 0.25) is 0 Å². The van der Waals surface area contributed by atoms with Crippen molar-refractivity contribution in [3.8, 4) is 12.3 Å². The zero-order chi connectivity index (χ0) is 8.97. The Bertz CT molecular complexity index is 340. The lowest BCUT2D eigenvalue weighted by Gasteiger charge is -1.95.